The first-order valence-electron chi connectivity index (χ1n) is 6.74. The zero-order valence-electron chi connectivity index (χ0n) is 11.2. The largest absolute Gasteiger partial charge is 0.395 e. The molecule has 6 heteroatoms. The van der Waals surface area contributed by atoms with Crippen LogP contribution in [0.25, 0.3) is 0 Å². The van der Waals surface area contributed by atoms with Gasteiger partial charge in [0.15, 0.2) is 5.78 Å². The Morgan fingerprint density at radius 3 is 2.65 bits per heavy atom. The van der Waals surface area contributed by atoms with E-state index in [0.29, 0.717) is 5.56 Å². The number of piperidine rings is 1. The summed E-state index contributed by atoms with van der Waals surface area (Å²) in [4.78, 5) is 24.2. The van der Waals surface area contributed by atoms with Gasteiger partial charge in [0.2, 0.25) is 0 Å². The number of aliphatic hydroxyl groups excluding tert-OH is 1. The Bertz CT molecular complexity index is 486. The number of hydrogen-bond acceptors (Lipinski definition) is 5. The summed E-state index contributed by atoms with van der Waals surface area (Å²) in [5, 5.41) is 19.9. The van der Waals surface area contributed by atoms with Gasteiger partial charge in [-0.2, -0.15) is 0 Å². The molecule has 0 spiro atoms. The maximum absolute atomic E-state index is 12.2. The van der Waals surface area contributed by atoms with Gasteiger partial charge in [-0.1, -0.05) is 6.42 Å². The van der Waals surface area contributed by atoms with E-state index in [-0.39, 0.29) is 30.7 Å². The van der Waals surface area contributed by atoms with E-state index in [2.05, 4.69) is 0 Å². The molecule has 0 saturated carbocycles. The van der Waals surface area contributed by atoms with Gasteiger partial charge in [0.05, 0.1) is 18.1 Å². The highest BCUT2D eigenvalue weighted by Gasteiger charge is 2.24. The van der Waals surface area contributed by atoms with Gasteiger partial charge in [0, 0.05) is 23.7 Å². The van der Waals surface area contributed by atoms with Crippen molar-refractivity contribution >= 4 is 11.5 Å². The maximum atomic E-state index is 12.2. The number of aliphatic hydroxyl groups is 1. The number of carbonyl (C=O) groups excluding carboxylic acids is 1. The van der Waals surface area contributed by atoms with Crippen LogP contribution < -0.4 is 0 Å². The number of non-ortho nitro benzene ring substituents is 1. The van der Waals surface area contributed by atoms with E-state index in [1.807, 2.05) is 4.90 Å². The molecule has 0 amide bonds. The minimum atomic E-state index is -0.485. The molecule has 1 N–H and O–H groups in total. The number of carbonyl (C=O) groups is 1. The molecule has 108 valence electrons. The molecule has 1 aliphatic heterocycles. The second-order valence-corrected chi connectivity index (χ2v) is 5.03. The van der Waals surface area contributed by atoms with Crippen LogP contribution in [0.15, 0.2) is 24.3 Å². The van der Waals surface area contributed by atoms with E-state index in [1.54, 1.807) is 0 Å². The van der Waals surface area contributed by atoms with Gasteiger partial charge in [0.25, 0.3) is 5.69 Å². The average molecular weight is 278 g/mol. The maximum Gasteiger partial charge on any atom is 0.269 e. The van der Waals surface area contributed by atoms with Crippen molar-refractivity contribution in [2.75, 3.05) is 19.7 Å². The summed E-state index contributed by atoms with van der Waals surface area (Å²) in [6.07, 6.45) is 3.02. The number of nitrogens with zero attached hydrogens (tertiary/aromatic N) is 2. The van der Waals surface area contributed by atoms with Gasteiger partial charge in [-0.05, 0) is 31.5 Å². The summed E-state index contributed by atoms with van der Waals surface area (Å²) in [6, 6.07) is 5.70. The topological polar surface area (TPSA) is 83.7 Å². The zero-order chi connectivity index (χ0) is 14.5. The third-order valence-electron chi connectivity index (χ3n) is 3.71. The van der Waals surface area contributed by atoms with Crippen molar-refractivity contribution < 1.29 is 14.8 Å². The Morgan fingerprint density at radius 2 is 2.05 bits per heavy atom. The Balaban J connectivity index is 2.01. The molecule has 1 aromatic carbocycles. The predicted octanol–water partition coefficient (Wildman–Crippen LogP) is 1.62. The molecule has 0 aliphatic carbocycles. The van der Waals surface area contributed by atoms with Crippen molar-refractivity contribution in [1.29, 1.82) is 0 Å². The fraction of sp³-hybridized carbons (Fsp3) is 0.500. The molecule has 1 fully saturated rings. The zero-order valence-corrected chi connectivity index (χ0v) is 11.2. The molecular weight excluding hydrogens is 260 g/mol. The lowest BCUT2D eigenvalue weighted by molar-refractivity contribution is -0.384. The summed E-state index contributed by atoms with van der Waals surface area (Å²) in [6.45, 7) is 1.13. The highest BCUT2D eigenvalue weighted by molar-refractivity contribution is 5.97. The van der Waals surface area contributed by atoms with E-state index in [4.69, 9.17) is 0 Å². The number of rotatable bonds is 5. The number of benzene rings is 1. The van der Waals surface area contributed by atoms with E-state index in [1.165, 1.54) is 24.3 Å². The van der Waals surface area contributed by atoms with Gasteiger partial charge in [-0.15, -0.1) is 0 Å². The molecule has 1 aromatic rings. The highest BCUT2D eigenvalue weighted by atomic mass is 16.6. The normalized spacial score (nSPS) is 19.8. The summed E-state index contributed by atoms with van der Waals surface area (Å²) in [5.74, 6) is -0.0692. The molecule has 1 saturated heterocycles. The van der Waals surface area contributed by atoms with Crippen LogP contribution in [0.4, 0.5) is 5.69 Å². The third kappa shape index (κ3) is 3.40. The fourth-order valence-electron chi connectivity index (χ4n) is 2.52. The minimum Gasteiger partial charge on any atom is -0.395 e. The monoisotopic (exact) mass is 278 g/mol. The lowest BCUT2D eigenvalue weighted by atomic mass is 10.0. The van der Waals surface area contributed by atoms with Crippen molar-refractivity contribution in [3.8, 4) is 0 Å². The molecular formula is C14H18N2O4. The predicted molar refractivity (Wildman–Crippen MR) is 73.7 cm³/mol. The van der Waals surface area contributed by atoms with Crippen molar-refractivity contribution in [3.05, 3.63) is 39.9 Å². The molecule has 0 radical (unpaired) electrons. The smallest absolute Gasteiger partial charge is 0.269 e. The van der Waals surface area contributed by atoms with Crippen molar-refractivity contribution in [2.24, 2.45) is 0 Å². The average Bonchev–Trinajstić information content (AvgIpc) is 2.48. The Hall–Kier alpha value is -1.79. The van der Waals surface area contributed by atoms with Gasteiger partial charge in [-0.25, -0.2) is 0 Å². The van der Waals surface area contributed by atoms with Crippen molar-refractivity contribution in [2.45, 2.75) is 25.3 Å². The van der Waals surface area contributed by atoms with Crippen LogP contribution in [-0.4, -0.2) is 46.5 Å². The minimum absolute atomic E-state index is 0.0206. The molecule has 1 atom stereocenters. The second-order valence-electron chi connectivity index (χ2n) is 5.03. The highest BCUT2D eigenvalue weighted by Crippen LogP contribution is 2.18. The summed E-state index contributed by atoms with van der Waals surface area (Å²) < 4.78 is 0. The van der Waals surface area contributed by atoms with E-state index >= 15 is 0 Å². The van der Waals surface area contributed by atoms with E-state index < -0.39 is 4.92 Å². The molecule has 0 aromatic heterocycles. The second kappa shape index (κ2) is 6.58. The number of Topliss-reactive ketones (excluding diaryl/α,β-unsaturated/α-hetero) is 1. The summed E-state index contributed by atoms with van der Waals surface area (Å²) >= 11 is 0. The van der Waals surface area contributed by atoms with E-state index in [0.717, 1.165) is 25.8 Å². The SMILES string of the molecule is O=C(CN1CCCCC1CO)c1ccc([N+](=O)[O-])cc1. The number of nitro groups is 1. The van der Waals surface area contributed by atoms with Crippen LogP contribution in [0.2, 0.25) is 0 Å². The first kappa shape index (κ1) is 14.6. The Labute approximate surface area is 117 Å². The Morgan fingerprint density at radius 1 is 1.35 bits per heavy atom. The van der Waals surface area contributed by atoms with Crippen LogP contribution in [0.1, 0.15) is 29.6 Å². The fourth-order valence-corrected chi connectivity index (χ4v) is 2.52. The lowest BCUT2D eigenvalue weighted by Gasteiger charge is -2.33. The molecule has 20 heavy (non-hydrogen) atoms. The van der Waals surface area contributed by atoms with Crippen molar-refractivity contribution in [1.82, 2.24) is 4.90 Å². The van der Waals surface area contributed by atoms with E-state index in [9.17, 15) is 20.0 Å². The van der Waals surface area contributed by atoms with Gasteiger partial charge < -0.3 is 5.11 Å². The van der Waals surface area contributed by atoms with Crippen LogP contribution in [0.3, 0.4) is 0 Å². The number of nitro benzene ring substituents is 1. The van der Waals surface area contributed by atoms with Crippen LogP contribution in [0, 0.1) is 10.1 Å². The molecule has 1 heterocycles. The molecule has 2 rings (SSSR count). The first-order valence-corrected chi connectivity index (χ1v) is 6.74. The lowest BCUT2D eigenvalue weighted by Crippen LogP contribution is -2.44. The number of hydrogen-bond donors (Lipinski definition) is 1. The Kier molecular flexibility index (Phi) is 4.81. The quantitative estimate of drug-likeness (QED) is 0.502. The molecule has 1 aliphatic rings. The van der Waals surface area contributed by atoms with Crippen LogP contribution in [0.5, 0.6) is 0 Å². The van der Waals surface area contributed by atoms with Crippen LogP contribution in [-0.2, 0) is 0 Å². The summed E-state index contributed by atoms with van der Waals surface area (Å²) in [5.41, 5.74) is 0.450. The van der Waals surface area contributed by atoms with Gasteiger partial charge >= 0.3 is 0 Å². The molecule has 0 bridgehead atoms. The molecule has 1 unspecified atom stereocenters. The standard InChI is InChI=1S/C14H18N2O4/c17-10-13-3-1-2-8-15(13)9-14(18)11-4-6-12(7-5-11)16(19)20/h4-7,13,17H,1-3,8-10H2. The first-order chi connectivity index (χ1) is 9.61. The number of likely N-dealkylation sites (tertiary alicyclic amines) is 1. The summed E-state index contributed by atoms with van der Waals surface area (Å²) in [7, 11) is 0. The number of ketones is 1. The van der Waals surface area contributed by atoms with Gasteiger partial charge in [-0.3, -0.25) is 19.8 Å². The van der Waals surface area contributed by atoms with Crippen LogP contribution >= 0.6 is 0 Å². The van der Waals surface area contributed by atoms with Gasteiger partial charge in [0.1, 0.15) is 0 Å². The molecule has 6 nitrogen and oxygen atoms in total. The van der Waals surface area contributed by atoms with Crippen molar-refractivity contribution in [3.63, 3.8) is 0 Å². The third-order valence-corrected chi connectivity index (χ3v) is 3.71.